The van der Waals surface area contributed by atoms with Crippen molar-refractivity contribution in [2.45, 2.75) is 20.3 Å². The van der Waals surface area contributed by atoms with Crippen molar-refractivity contribution in [3.63, 3.8) is 0 Å². The molecule has 0 radical (unpaired) electrons. The zero-order chi connectivity index (χ0) is 18.0. The number of pyridine rings is 1. The SMILES string of the molecule is CCNC(=O)C1CCN(c2cc(C)c3cc(OC)c(OC)cc3n2)C1. The molecule has 1 aliphatic rings. The fourth-order valence-corrected chi connectivity index (χ4v) is 3.37. The maximum absolute atomic E-state index is 12.1. The van der Waals surface area contributed by atoms with Gasteiger partial charge in [0.05, 0.1) is 25.7 Å². The average Bonchev–Trinajstić information content (AvgIpc) is 3.11. The lowest BCUT2D eigenvalue weighted by Crippen LogP contribution is -2.32. The first-order valence-electron chi connectivity index (χ1n) is 8.63. The largest absolute Gasteiger partial charge is 0.493 e. The summed E-state index contributed by atoms with van der Waals surface area (Å²) in [6, 6.07) is 5.94. The number of ether oxygens (including phenoxy) is 2. The maximum atomic E-state index is 12.1. The average molecular weight is 343 g/mol. The number of anilines is 1. The molecular formula is C19H25N3O3. The van der Waals surface area contributed by atoms with Gasteiger partial charge >= 0.3 is 0 Å². The molecule has 1 atom stereocenters. The second-order valence-corrected chi connectivity index (χ2v) is 6.35. The quantitative estimate of drug-likeness (QED) is 0.904. The number of methoxy groups -OCH3 is 2. The number of amides is 1. The number of carbonyl (C=O) groups is 1. The van der Waals surface area contributed by atoms with Crippen LogP contribution in [0.2, 0.25) is 0 Å². The number of fused-ring (bicyclic) bond motifs is 1. The highest BCUT2D eigenvalue weighted by atomic mass is 16.5. The number of nitrogens with one attached hydrogen (secondary N) is 1. The summed E-state index contributed by atoms with van der Waals surface area (Å²) in [5, 5.41) is 3.95. The molecule has 1 aliphatic heterocycles. The van der Waals surface area contributed by atoms with E-state index in [0.717, 1.165) is 35.2 Å². The van der Waals surface area contributed by atoms with Crippen LogP contribution in [-0.4, -0.2) is 44.7 Å². The number of carbonyl (C=O) groups excluding carboxylic acids is 1. The van der Waals surface area contributed by atoms with Gasteiger partial charge in [0, 0.05) is 31.1 Å². The van der Waals surface area contributed by atoms with E-state index in [1.807, 2.05) is 19.1 Å². The number of benzene rings is 1. The minimum atomic E-state index is 0.0307. The highest BCUT2D eigenvalue weighted by Gasteiger charge is 2.29. The molecule has 1 aromatic carbocycles. The summed E-state index contributed by atoms with van der Waals surface area (Å²) >= 11 is 0. The highest BCUT2D eigenvalue weighted by molar-refractivity contribution is 5.87. The summed E-state index contributed by atoms with van der Waals surface area (Å²) in [7, 11) is 3.25. The Bertz CT molecular complexity index is 791. The van der Waals surface area contributed by atoms with Crippen LogP contribution in [-0.2, 0) is 4.79 Å². The van der Waals surface area contributed by atoms with Gasteiger partial charge in [-0.2, -0.15) is 0 Å². The lowest BCUT2D eigenvalue weighted by molar-refractivity contribution is -0.124. The lowest BCUT2D eigenvalue weighted by atomic mass is 10.1. The van der Waals surface area contributed by atoms with Crippen molar-refractivity contribution in [2.75, 3.05) is 38.8 Å². The number of rotatable bonds is 5. The van der Waals surface area contributed by atoms with Gasteiger partial charge in [-0.3, -0.25) is 4.79 Å². The van der Waals surface area contributed by atoms with E-state index in [1.54, 1.807) is 14.2 Å². The van der Waals surface area contributed by atoms with E-state index in [9.17, 15) is 4.79 Å². The standard InChI is InChI=1S/C19H25N3O3/c1-5-20-19(23)13-6-7-22(11-13)18-8-12(2)14-9-16(24-3)17(25-4)10-15(14)21-18/h8-10,13H,5-7,11H2,1-4H3,(H,20,23). The Kier molecular flexibility index (Phi) is 4.97. The highest BCUT2D eigenvalue weighted by Crippen LogP contribution is 2.34. The Morgan fingerprint density at radius 1 is 1.28 bits per heavy atom. The molecule has 1 fully saturated rings. The molecular weight excluding hydrogens is 318 g/mol. The van der Waals surface area contributed by atoms with E-state index in [4.69, 9.17) is 14.5 Å². The molecule has 1 aromatic heterocycles. The third kappa shape index (κ3) is 3.34. The van der Waals surface area contributed by atoms with Gasteiger partial charge in [0.2, 0.25) is 5.91 Å². The fourth-order valence-electron chi connectivity index (χ4n) is 3.37. The number of hydrogen-bond donors (Lipinski definition) is 1. The summed E-state index contributed by atoms with van der Waals surface area (Å²) in [5.41, 5.74) is 2.00. The van der Waals surface area contributed by atoms with Gasteiger partial charge in [-0.1, -0.05) is 0 Å². The first kappa shape index (κ1) is 17.3. The van der Waals surface area contributed by atoms with E-state index in [2.05, 4.69) is 23.2 Å². The molecule has 2 heterocycles. The monoisotopic (exact) mass is 343 g/mol. The molecule has 6 nitrogen and oxygen atoms in total. The first-order chi connectivity index (χ1) is 12.1. The van der Waals surface area contributed by atoms with Gasteiger partial charge < -0.3 is 19.7 Å². The summed E-state index contributed by atoms with van der Waals surface area (Å²) in [4.78, 5) is 19.1. The predicted molar refractivity (Wildman–Crippen MR) is 98.6 cm³/mol. The number of nitrogens with zero attached hydrogens (tertiary/aromatic N) is 2. The van der Waals surface area contributed by atoms with E-state index in [1.165, 1.54) is 0 Å². The number of hydrogen-bond acceptors (Lipinski definition) is 5. The van der Waals surface area contributed by atoms with E-state index >= 15 is 0 Å². The molecule has 1 unspecified atom stereocenters. The van der Waals surface area contributed by atoms with Crippen LogP contribution < -0.4 is 19.7 Å². The number of aryl methyl sites for hydroxylation is 1. The summed E-state index contributed by atoms with van der Waals surface area (Å²) < 4.78 is 10.8. The molecule has 0 aliphatic carbocycles. The van der Waals surface area contributed by atoms with Crippen molar-refractivity contribution in [2.24, 2.45) is 5.92 Å². The summed E-state index contributed by atoms with van der Waals surface area (Å²) in [6.07, 6.45) is 0.858. The van der Waals surface area contributed by atoms with Crippen molar-refractivity contribution in [3.8, 4) is 11.5 Å². The first-order valence-corrected chi connectivity index (χ1v) is 8.63. The molecule has 3 rings (SSSR count). The van der Waals surface area contributed by atoms with Crippen LogP contribution in [0.3, 0.4) is 0 Å². The van der Waals surface area contributed by atoms with Gasteiger partial charge in [-0.15, -0.1) is 0 Å². The van der Waals surface area contributed by atoms with Crippen LogP contribution in [0.5, 0.6) is 11.5 Å². The molecule has 25 heavy (non-hydrogen) atoms. The second kappa shape index (κ2) is 7.17. The maximum Gasteiger partial charge on any atom is 0.224 e. The Labute approximate surface area is 148 Å². The molecule has 134 valence electrons. The Morgan fingerprint density at radius 3 is 2.68 bits per heavy atom. The molecule has 1 saturated heterocycles. The van der Waals surface area contributed by atoms with Gasteiger partial charge in [0.15, 0.2) is 11.5 Å². The minimum absolute atomic E-state index is 0.0307. The smallest absolute Gasteiger partial charge is 0.224 e. The topological polar surface area (TPSA) is 63.7 Å². The zero-order valence-corrected chi connectivity index (χ0v) is 15.3. The third-order valence-electron chi connectivity index (χ3n) is 4.74. The Hall–Kier alpha value is -2.50. The Balaban J connectivity index is 1.92. The van der Waals surface area contributed by atoms with Crippen molar-refractivity contribution >= 4 is 22.6 Å². The van der Waals surface area contributed by atoms with Crippen LogP contribution in [0.25, 0.3) is 10.9 Å². The van der Waals surface area contributed by atoms with Crippen LogP contribution in [0.15, 0.2) is 18.2 Å². The minimum Gasteiger partial charge on any atom is -0.493 e. The van der Waals surface area contributed by atoms with Crippen molar-refractivity contribution in [1.29, 1.82) is 0 Å². The second-order valence-electron chi connectivity index (χ2n) is 6.35. The van der Waals surface area contributed by atoms with Gasteiger partial charge in [0.1, 0.15) is 5.82 Å². The van der Waals surface area contributed by atoms with Crippen molar-refractivity contribution < 1.29 is 14.3 Å². The van der Waals surface area contributed by atoms with E-state index in [0.29, 0.717) is 24.6 Å². The molecule has 1 N–H and O–H groups in total. The van der Waals surface area contributed by atoms with E-state index in [-0.39, 0.29) is 11.8 Å². The third-order valence-corrected chi connectivity index (χ3v) is 4.74. The predicted octanol–water partition coefficient (Wildman–Crippen LogP) is 2.52. The number of aromatic nitrogens is 1. The van der Waals surface area contributed by atoms with Crippen LogP contribution in [0, 0.1) is 12.8 Å². The summed E-state index contributed by atoms with van der Waals surface area (Å²) in [6.45, 7) is 6.23. The molecule has 0 spiro atoms. The van der Waals surface area contributed by atoms with Crippen molar-refractivity contribution in [3.05, 3.63) is 23.8 Å². The van der Waals surface area contributed by atoms with Crippen molar-refractivity contribution in [1.82, 2.24) is 10.3 Å². The molecule has 0 saturated carbocycles. The van der Waals surface area contributed by atoms with Gasteiger partial charge in [0.25, 0.3) is 0 Å². The summed E-state index contributed by atoms with van der Waals surface area (Å²) in [5.74, 6) is 2.44. The van der Waals surface area contributed by atoms with Gasteiger partial charge in [-0.25, -0.2) is 4.98 Å². The molecule has 1 amide bonds. The normalized spacial score (nSPS) is 17.0. The van der Waals surface area contributed by atoms with Crippen LogP contribution >= 0.6 is 0 Å². The zero-order valence-electron chi connectivity index (χ0n) is 15.3. The van der Waals surface area contributed by atoms with E-state index < -0.39 is 0 Å². The molecule has 2 aromatic rings. The molecule has 6 heteroatoms. The fraction of sp³-hybridized carbons (Fsp3) is 0.474. The van der Waals surface area contributed by atoms with Gasteiger partial charge in [-0.05, 0) is 38.0 Å². The Morgan fingerprint density at radius 2 is 2.00 bits per heavy atom. The van der Waals surface area contributed by atoms with Crippen LogP contribution in [0.1, 0.15) is 18.9 Å². The molecule has 0 bridgehead atoms. The lowest BCUT2D eigenvalue weighted by Gasteiger charge is -2.19. The van der Waals surface area contributed by atoms with Crippen LogP contribution in [0.4, 0.5) is 5.82 Å².